The molecule has 2 rings (SSSR count). The summed E-state index contributed by atoms with van der Waals surface area (Å²) in [5.74, 6) is 1.74. The third kappa shape index (κ3) is 3.83. The lowest BCUT2D eigenvalue weighted by Crippen LogP contribution is -2.18. The predicted molar refractivity (Wildman–Crippen MR) is 84.2 cm³/mol. The molecule has 0 saturated carbocycles. The average molecular weight is 305 g/mol. The van der Waals surface area contributed by atoms with Gasteiger partial charge in [-0.15, -0.1) is 0 Å². The van der Waals surface area contributed by atoms with Crippen molar-refractivity contribution in [1.29, 1.82) is 0 Å². The molecule has 0 spiro atoms. The number of methoxy groups -OCH3 is 2. The number of rotatable bonds is 6. The minimum absolute atomic E-state index is 0.304. The van der Waals surface area contributed by atoms with E-state index < -0.39 is 10.8 Å². The first kappa shape index (κ1) is 15.5. The first-order valence-electron chi connectivity index (χ1n) is 6.56. The van der Waals surface area contributed by atoms with Crippen LogP contribution in [0.3, 0.4) is 0 Å². The van der Waals surface area contributed by atoms with Crippen molar-refractivity contribution in [3.63, 3.8) is 0 Å². The third-order valence-electron chi connectivity index (χ3n) is 3.19. The lowest BCUT2D eigenvalue weighted by atomic mass is 10.1. The molecule has 0 bridgehead atoms. The van der Waals surface area contributed by atoms with Gasteiger partial charge in [-0.25, -0.2) is 0 Å². The Morgan fingerprint density at radius 1 is 1.05 bits per heavy atom. The van der Waals surface area contributed by atoms with E-state index in [4.69, 9.17) is 15.2 Å². The van der Waals surface area contributed by atoms with E-state index in [1.165, 1.54) is 0 Å². The lowest BCUT2D eigenvalue weighted by molar-refractivity contribution is 0.404. The lowest BCUT2D eigenvalue weighted by Gasteiger charge is -2.14. The van der Waals surface area contributed by atoms with Crippen molar-refractivity contribution in [2.45, 2.75) is 10.9 Å². The zero-order valence-corrected chi connectivity index (χ0v) is 12.9. The second-order valence-corrected chi connectivity index (χ2v) is 6.01. The molecule has 0 saturated heterocycles. The van der Waals surface area contributed by atoms with Gasteiger partial charge in [0.1, 0.15) is 11.5 Å². The summed E-state index contributed by atoms with van der Waals surface area (Å²) in [6.45, 7) is 0. The molecular formula is C16H19NO3S. The minimum Gasteiger partial charge on any atom is -0.497 e. The van der Waals surface area contributed by atoms with Crippen LogP contribution in [0.25, 0.3) is 0 Å². The second kappa shape index (κ2) is 7.24. The Morgan fingerprint density at radius 3 is 2.33 bits per heavy atom. The van der Waals surface area contributed by atoms with Gasteiger partial charge in [-0.05, 0) is 29.8 Å². The Balaban J connectivity index is 2.11. The average Bonchev–Trinajstić information content (AvgIpc) is 2.54. The van der Waals surface area contributed by atoms with Crippen LogP contribution in [0.15, 0.2) is 53.4 Å². The van der Waals surface area contributed by atoms with Crippen molar-refractivity contribution < 1.29 is 13.7 Å². The highest BCUT2D eigenvalue weighted by Crippen LogP contribution is 2.24. The molecule has 2 N–H and O–H groups in total. The van der Waals surface area contributed by atoms with E-state index in [0.29, 0.717) is 16.4 Å². The normalized spacial score (nSPS) is 13.5. The summed E-state index contributed by atoms with van der Waals surface area (Å²) in [7, 11) is 1.97. The molecule has 4 nitrogen and oxygen atoms in total. The molecule has 0 fully saturated rings. The first-order valence-corrected chi connectivity index (χ1v) is 7.88. The highest BCUT2D eigenvalue weighted by molar-refractivity contribution is 7.85. The van der Waals surface area contributed by atoms with Crippen LogP contribution in [0.1, 0.15) is 11.6 Å². The smallest absolute Gasteiger partial charge is 0.134 e. The largest absolute Gasteiger partial charge is 0.497 e. The summed E-state index contributed by atoms with van der Waals surface area (Å²) >= 11 is 0. The fourth-order valence-electron chi connectivity index (χ4n) is 2.01. The van der Waals surface area contributed by atoms with E-state index in [9.17, 15) is 4.21 Å². The van der Waals surface area contributed by atoms with Gasteiger partial charge in [0, 0.05) is 11.8 Å². The van der Waals surface area contributed by atoms with Crippen molar-refractivity contribution in [3.05, 3.63) is 54.1 Å². The van der Waals surface area contributed by atoms with Gasteiger partial charge in [0.15, 0.2) is 0 Å². The van der Waals surface area contributed by atoms with Crippen molar-refractivity contribution in [3.8, 4) is 11.5 Å². The van der Waals surface area contributed by atoms with Gasteiger partial charge >= 0.3 is 0 Å². The number of hydrogen-bond acceptors (Lipinski definition) is 4. The van der Waals surface area contributed by atoms with E-state index in [2.05, 4.69) is 0 Å². The van der Waals surface area contributed by atoms with E-state index in [0.717, 1.165) is 11.3 Å². The number of benzene rings is 2. The summed E-state index contributed by atoms with van der Waals surface area (Å²) in [5, 5.41) is 0. The topological polar surface area (TPSA) is 61.5 Å². The highest BCUT2D eigenvalue weighted by atomic mass is 32.2. The first-order chi connectivity index (χ1) is 10.2. The summed E-state index contributed by atoms with van der Waals surface area (Å²) in [6.07, 6.45) is 0. The molecule has 0 aromatic heterocycles. The fourth-order valence-corrected chi connectivity index (χ4v) is 3.31. The summed E-state index contributed by atoms with van der Waals surface area (Å²) in [4.78, 5) is 0.670. The molecule has 0 amide bonds. The van der Waals surface area contributed by atoms with E-state index in [-0.39, 0.29) is 6.04 Å². The Hall–Kier alpha value is -1.85. The van der Waals surface area contributed by atoms with E-state index in [1.807, 2.05) is 36.4 Å². The van der Waals surface area contributed by atoms with Crippen LogP contribution in [0.4, 0.5) is 0 Å². The SMILES string of the molecule is COc1ccc(C(N)CS(=O)c2ccccc2OC)cc1. The molecule has 0 radical (unpaired) electrons. The molecule has 2 atom stereocenters. The van der Waals surface area contributed by atoms with Crippen LogP contribution in [-0.4, -0.2) is 24.2 Å². The Labute approximate surface area is 127 Å². The molecule has 0 aliphatic carbocycles. The Morgan fingerprint density at radius 2 is 1.71 bits per heavy atom. The van der Waals surface area contributed by atoms with Crippen molar-refractivity contribution in [1.82, 2.24) is 0 Å². The van der Waals surface area contributed by atoms with Gasteiger partial charge in [0.25, 0.3) is 0 Å². The van der Waals surface area contributed by atoms with Crippen LogP contribution < -0.4 is 15.2 Å². The van der Waals surface area contributed by atoms with Gasteiger partial charge in [-0.1, -0.05) is 24.3 Å². The van der Waals surface area contributed by atoms with Gasteiger partial charge in [-0.2, -0.15) is 0 Å². The van der Waals surface area contributed by atoms with Crippen LogP contribution in [0.2, 0.25) is 0 Å². The monoisotopic (exact) mass is 305 g/mol. The van der Waals surface area contributed by atoms with Gasteiger partial charge in [-0.3, -0.25) is 4.21 Å². The standard InChI is InChI=1S/C16H19NO3S/c1-19-13-9-7-12(8-10-13)14(17)11-21(18)16-6-4-3-5-15(16)20-2/h3-10,14H,11,17H2,1-2H3. The molecule has 112 valence electrons. The molecule has 21 heavy (non-hydrogen) atoms. The quantitative estimate of drug-likeness (QED) is 0.891. The van der Waals surface area contributed by atoms with Crippen LogP contribution in [-0.2, 0) is 10.8 Å². The maximum Gasteiger partial charge on any atom is 0.134 e. The zero-order valence-electron chi connectivity index (χ0n) is 12.1. The third-order valence-corrected chi connectivity index (χ3v) is 4.68. The summed E-state index contributed by atoms with van der Waals surface area (Å²) in [6, 6.07) is 14.5. The molecule has 0 aliphatic rings. The number of para-hydroxylation sites is 1. The molecule has 2 aromatic carbocycles. The molecule has 0 heterocycles. The van der Waals surface area contributed by atoms with Gasteiger partial charge < -0.3 is 15.2 Å². The molecular weight excluding hydrogens is 286 g/mol. The van der Waals surface area contributed by atoms with E-state index in [1.54, 1.807) is 26.4 Å². The minimum atomic E-state index is -1.21. The van der Waals surface area contributed by atoms with Crippen molar-refractivity contribution in [2.75, 3.05) is 20.0 Å². The number of ether oxygens (including phenoxy) is 2. The molecule has 2 aromatic rings. The Bertz CT molecular complexity index is 613. The summed E-state index contributed by atoms with van der Waals surface area (Å²) in [5.41, 5.74) is 7.07. The van der Waals surface area contributed by atoms with Crippen LogP contribution in [0, 0.1) is 0 Å². The molecule has 2 unspecified atom stereocenters. The highest BCUT2D eigenvalue weighted by Gasteiger charge is 2.15. The second-order valence-electron chi connectivity index (χ2n) is 4.54. The van der Waals surface area contributed by atoms with E-state index >= 15 is 0 Å². The van der Waals surface area contributed by atoms with Crippen molar-refractivity contribution in [2.24, 2.45) is 5.73 Å². The van der Waals surface area contributed by atoms with Crippen molar-refractivity contribution >= 4 is 10.8 Å². The maximum absolute atomic E-state index is 12.5. The molecule has 0 aliphatic heterocycles. The summed E-state index contributed by atoms with van der Waals surface area (Å²) < 4.78 is 22.8. The Kier molecular flexibility index (Phi) is 5.36. The number of hydrogen-bond donors (Lipinski definition) is 1. The molecule has 5 heteroatoms. The van der Waals surface area contributed by atoms with Crippen LogP contribution in [0.5, 0.6) is 11.5 Å². The maximum atomic E-state index is 12.5. The van der Waals surface area contributed by atoms with Gasteiger partial charge in [0.2, 0.25) is 0 Å². The number of nitrogens with two attached hydrogens (primary N) is 1. The van der Waals surface area contributed by atoms with Crippen LogP contribution >= 0.6 is 0 Å². The predicted octanol–water partition coefficient (Wildman–Crippen LogP) is 2.51. The zero-order chi connectivity index (χ0) is 15.2. The fraction of sp³-hybridized carbons (Fsp3) is 0.250. The van der Waals surface area contributed by atoms with Gasteiger partial charge in [0.05, 0.1) is 29.9 Å².